The summed E-state index contributed by atoms with van der Waals surface area (Å²) < 4.78 is 20.1. The molecule has 0 aromatic heterocycles. The highest BCUT2D eigenvalue weighted by atomic mass is 79.9. The molecule has 19 heavy (non-hydrogen) atoms. The van der Waals surface area contributed by atoms with Gasteiger partial charge in [-0.25, -0.2) is 4.39 Å². The van der Waals surface area contributed by atoms with Crippen molar-refractivity contribution in [3.05, 3.63) is 62.8 Å². The molecule has 2 aromatic carbocycles. The van der Waals surface area contributed by atoms with E-state index in [1.54, 1.807) is 13.2 Å². The number of hydrogen-bond donors (Lipinski definition) is 0. The molecule has 1 atom stereocenters. The van der Waals surface area contributed by atoms with E-state index in [0.717, 1.165) is 10.0 Å². The first kappa shape index (κ1) is 14.8. The maximum atomic E-state index is 13.9. The Morgan fingerprint density at radius 3 is 2.58 bits per heavy atom. The number of alkyl halides is 1. The van der Waals surface area contributed by atoms with Gasteiger partial charge in [0.1, 0.15) is 11.6 Å². The van der Waals surface area contributed by atoms with Crippen molar-refractivity contribution in [1.82, 2.24) is 0 Å². The molecule has 0 amide bonds. The first-order valence-corrected chi connectivity index (χ1v) is 7.54. The van der Waals surface area contributed by atoms with E-state index in [9.17, 15) is 4.39 Å². The molecule has 0 fully saturated rings. The molecule has 1 unspecified atom stereocenters. The topological polar surface area (TPSA) is 9.23 Å². The highest BCUT2D eigenvalue weighted by Crippen LogP contribution is 2.39. The van der Waals surface area contributed by atoms with Gasteiger partial charge in [0.25, 0.3) is 0 Å². The van der Waals surface area contributed by atoms with Crippen LogP contribution in [0, 0.1) is 5.82 Å². The lowest BCUT2D eigenvalue weighted by molar-refractivity contribution is 0.410. The number of rotatable bonds is 3. The van der Waals surface area contributed by atoms with E-state index in [-0.39, 0.29) is 10.6 Å². The number of methoxy groups -OCH3 is 1. The summed E-state index contributed by atoms with van der Waals surface area (Å²) in [5.74, 6) is 0.373. The molecule has 0 aliphatic heterocycles. The largest absolute Gasteiger partial charge is 0.496 e. The second-order valence-corrected chi connectivity index (χ2v) is 6.18. The van der Waals surface area contributed by atoms with Crippen molar-refractivity contribution >= 4 is 43.5 Å². The Hall–Kier alpha value is -0.580. The number of benzene rings is 2. The SMILES string of the molecule is COc1ccc(Br)cc1C(Br)c1cc(Cl)ccc1F. The Kier molecular flexibility index (Phi) is 4.87. The summed E-state index contributed by atoms with van der Waals surface area (Å²) in [5, 5.41) is 0.495. The first-order chi connectivity index (χ1) is 9.02. The smallest absolute Gasteiger partial charge is 0.127 e. The second-order valence-electron chi connectivity index (χ2n) is 3.91. The molecule has 1 nitrogen and oxygen atoms in total. The van der Waals surface area contributed by atoms with Crippen molar-refractivity contribution in [1.29, 1.82) is 0 Å². The Morgan fingerprint density at radius 2 is 1.89 bits per heavy atom. The van der Waals surface area contributed by atoms with E-state index in [1.165, 1.54) is 12.1 Å². The molecule has 0 radical (unpaired) electrons. The fourth-order valence-electron chi connectivity index (χ4n) is 1.78. The summed E-state index contributed by atoms with van der Waals surface area (Å²) in [6, 6.07) is 10.1. The Morgan fingerprint density at radius 1 is 1.16 bits per heavy atom. The normalized spacial score (nSPS) is 12.3. The van der Waals surface area contributed by atoms with Crippen molar-refractivity contribution in [3.63, 3.8) is 0 Å². The van der Waals surface area contributed by atoms with E-state index in [0.29, 0.717) is 16.3 Å². The van der Waals surface area contributed by atoms with Gasteiger partial charge in [-0.15, -0.1) is 0 Å². The molecule has 0 saturated carbocycles. The van der Waals surface area contributed by atoms with Gasteiger partial charge in [-0.2, -0.15) is 0 Å². The molecule has 0 N–H and O–H groups in total. The zero-order valence-electron chi connectivity index (χ0n) is 9.96. The van der Waals surface area contributed by atoms with Crippen molar-refractivity contribution in [2.75, 3.05) is 7.11 Å². The lowest BCUT2D eigenvalue weighted by Crippen LogP contribution is -2.00. The highest BCUT2D eigenvalue weighted by molar-refractivity contribution is 9.10. The van der Waals surface area contributed by atoms with E-state index >= 15 is 0 Å². The molecule has 0 aliphatic rings. The molecule has 5 heteroatoms. The van der Waals surface area contributed by atoms with Crippen LogP contribution in [0.25, 0.3) is 0 Å². The summed E-state index contributed by atoms with van der Waals surface area (Å²) in [5.41, 5.74) is 1.31. The fraction of sp³-hybridized carbons (Fsp3) is 0.143. The van der Waals surface area contributed by atoms with Gasteiger partial charge < -0.3 is 4.74 Å². The predicted octanol–water partition coefficient (Wildman–Crippen LogP) is 5.73. The summed E-state index contributed by atoms with van der Waals surface area (Å²) in [6.45, 7) is 0. The minimum Gasteiger partial charge on any atom is -0.496 e. The Bertz CT molecular complexity index is 604. The van der Waals surface area contributed by atoms with Crippen LogP contribution in [0.2, 0.25) is 5.02 Å². The maximum Gasteiger partial charge on any atom is 0.127 e. The van der Waals surface area contributed by atoms with Crippen LogP contribution in [-0.2, 0) is 0 Å². The summed E-state index contributed by atoms with van der Waals surface area (Å²) in [6.07, 6.45) is 0. The van der Waals surface area contributed by atoms with Crippen LogP contribution in [0.4, 0.5) is 4.39 Å². The predicted molar refractivity (Wildman–Crippen MR) is 82.9 cm³/mol. The van der Waals surface area contributed by atoms with Crippen LogP contribution >= 0.6 is 43.5 Å². The van der Waals surface area contributed by atoms with Gasteiger partial charge in [-0.05, 0) is 36.4 Å². The molecule has 2 aromatic rings. The van der Waals surface area contributed by atoms with Crippen molar-refractivity contribution in [2.45, 2.75) is 4.83 Å². The van der Waals surface area contributed by atoms with Gasteiger partial charge in [-0.3, -0.25) is 0 Å². The maximum absolute atomic E-state index is 13.9. The monoisotopic (exact) mass is 406 g/mol. The molecule has 100 valence electrons. The molecule has 0 heterocycles. The zero-order valence-corrected chi connectivity index (χ0v) is 13.9. The average Bonchev–Trinajstić information content (AvgIpc) is 2.40. The van der Waals surface area contributed by atoms with Crippen LogP contribution in [0.5, 0.6) is 5.75 Å². The summed E-state index contributed by atoms with van der Waals surface area (Å²) in [7, 11) is 1.58. The molecule has 0 spiro atoms. The van der Waals surface area contributed by atoms with Crippen LogP contribution in [0.15, 0.2) is 40.9 Å². The summed E-state index contributed by atoms with van der Waals surface area (Å²) in [4.78, 5) is -0.335. The molecule has 0 saturated heterocycles. The third kappa shape index (κ3) is 3.30. The van der Waals surface area contributed by atoms with E-state index in [2.05, 4.69) is 31.9 Å². The molecule has 0 aliphatic carbocycles. The van der Waals surface area contributed by atoms with Gasteiger partial charge in [0.05, 0.1) is 11.9 Å². The highest BCUT2D eigenvalue weighted by Gasteiger charge is 2.19. The van der Waals surface area contributed by atoms with Gasteiger partial charge in [0, 0.05) is 20.6 Å². The number of hydrogen-bond acceptors (Lipinski definition) is 1. The van der Waals surface area contributed by atoms with Gasteiger partial charge in [0.2, 0.25) is 0 Å². The minimum absolute atomic E-state index is 0.312. The van der Waals surface area contributed by atoms with Crippen molar-refractivity contribution < 1.29 is 9.13 Å². The third-order valence-corrected chi connectivity index (χ3v) is 4.41. The minimum atomic E-state index is -0.335. The molecular weight excluding hydrogens is 398 g/mol. The molecule has 2 rings (SSSR count). The Labute approximate surface area is 133 Å². The van der Waals surface area contributed by atoms with Crippen molar-refractivity contribution in [3.8, 4) is 5.75 Å². The van der Waals surface area contributed by atoms with Crippen LogP contribution < -0.4 is 4.74 Å². The summed E-state index contributed by atoms with van der Waals surface area (Å²) >= 11 is 12.8. The van der Waals surface area contributed by atoms with Gasteiger partial charge in [0.15, 0.2) is 0 Å². The number of halogens is 4. The van der Waals surface area contributed by atoms with E-state index < -0.39 is 0 Å². The number of ether oxygens (including phenoxy) is 1. The average molecular weight is 408 g/mol. The van der Waals surface area contributed by atoms with Crippen LogP contribution in [0.3, 0.4) is 0 Å². The van der Waals surface area contributed by atoms with E-state index in [4.69, 9.17) is 16.3 Å². The van der Waals surface area contributed by atoms with Crippen molar-refractivity contribution in [2.24, 2.45) is 0 Å². The molecular formula is C14H10Br2ClFO. The van der Waals surface area contributed by atoms with E-state index in [1.807, 2.05) is 18.2 Å². The zero-order chi connectivity index (χ0) is 14.0. The van der Waals surface area contributed by atoms with Crippen LogP contribution in [0.1, 0.15) is 16.0 Å². The van der Waals surface area contributed by atoms with Crippen LogP contribution in [-0.4, -0.2) is 7.11 Å². The first-order valence-electron chi connectivity index (χ1n) is 5.45. The second kappa shape index (κ2) is 6.25. The Balaban J connectivity index is 2.51. The fourth-order valence-corrected chi connectivity index (χ4v) is 3.05. The van der Waals surface area contributed by atoms with Gasteiger partial charge in [-0.1, -0.05) is 43.5 Å². The molecule has 0 bridgehead atoms. The lowest BCUT2D eigenvalue weighted by atomic mass is 10.0. The standard InChI is InChI=1S/C14H10Br2ClFO/c1-19-13-5-2-8(15)6-11(13)14(16)10-7-9(17)3-4-12(10)18/h2-7,14H,1H3. The third-order valence-electron chi connectivity index (χ3n) is 2.70. The lowest BCUT2D eigenvalue weighted by Gasteiger charge is -2.16. The van der Waals surface area contributed by atoms with Gasteiger partial charge >= 0.3 is 0 Å². The quantitative estimate of drug-likeness (QED) is 0.589.